The first-order valence-corrected chi connectivity index (χ1v) is 12.7. The second-order valence-electron chi connectivity index (χ2n) is 7.38. The van der Waals surface area contributed by atoms with Crippen molar-refractivity contribution in [2.75, 3.05) is 11.1 Å². The molecular weight excluding hydrogens is 447 g/mol. The van der Waals surface area contributed by atoms with Crippen molar-refractivity contribution in [3.8, 4) is 0 Å². The maximum absolute atomic E-state index is 15.1. The fourth-order valence-electron chi connectivity index (χ4n) is 3.47. The molecule has 1 aliphatic rings. The first kappa shape index (κ1) is 24.9. The van der Waals surface area contributed by atoms with Crippen molar-refractivity contribution in [3.63, 3.8) is 0 Å². The normalized spacial score (nSPS) is 17.9. The third kappa shape index (κ3) is 5.84. The summed E-state index contributed by atoms with van der Waals surface area (Å²) in [6.07, 6.45) is 3.24. The van der Waals surface area contributed by atoms with Gasteiger partial charge in [0.1, 0.15) is 11.1 Å². The Morgan fingerprint density at radius 1 is 0.933 bits per heavy atom. The zero-order valence-corrected chi connectivity index (χ0v) is 17.8. The summed E-state index contributed by atoms with van der Waals surface area (Å²) in [5.41, 5.74) is 4.14. The van der Waals surface area contributed by atoms with Crippen molar-refractivity contribution in [2.45, 2.75) is 73.4 Å². The molecule has 6 N–H and O–H groups in total. The summed E-state index contributed by atoms with van der Waals surface area (Å²) in [6.45, 7) is 0. The highest BCUT2D eigenvalue weighted by Gasteiger charge is 2.36. The molecule has 1 saturated carbocycles. The van der Waals surface area contributed by atoms with E-state index in [4.69, 9.17) is 16.0 Å². The number of aliphatic hydroxyl groups excluding tert-OH is 1. The van der Waals surface area contributed by atoms with Gasteiger partial charge < -0.3 is 16.2 Å². The van der Waals surface area contributed by atoms with E-state index < -0.39 is 77.2 Å². The second-order valence-corrected chi connectivity index (χ2v) is 10.9. The van der Waals surface area contributed by atoms with E-state index in [1.54, 1.807) is 0 Å². The number of sulfone groups is 1. The van der Waals surface area contributed by atoms with Crippen molar-refractivity contribution in [1.29, 1.82) is 0 Å². The average molecular weight is 474 g/mol. The molecule has 1 fully saturated rings. The number of sulfonamides is 1. The van der Waals surface area contributed by atoms with Crippen molar-refractivity contribution in [3.05, 3.63) is 17.5 Å². The van der Waals surface area contributed by atoms with E-state index in [0.717, 1.165) is 32.1 Å². The van der Waals surface area contributed by atoms with Crippen LogP contribution in [0.3, 0.4) is 0 Å². The molecule has 1 aliphatic carbocycles. The predicted octanol–water partition coefficient (Wildman–Crippen LogP) is 1.72. The summed E-state index contributed by atoms with van der Waals surface area (Å²) < 4.78 is 92.8. The number of nitrogens with one attached hydrogen (secondary N) is 1. The zero-order chi connectivity index (χ0) is 22.7. The van der Waals surface area contributed by atoms with Gasteiger partial charge in [0.2, 0.25) is 10.0 Å². The van der Waals surface area contributed by atoms with Crippen LogP contribution in [0.25, 0.3) is 0 Å². The number of hydrogen-bond acceptors (Lipinski definition) is 7. The van der Waals surface area contributed by atoms with Crippen LogP contribution in [0.4, 0.5) is 18.9 Å². The van der Waals surface area contributed by atoms with Crippen molar-refractivity contribution < 1.29 is 35.1 Å². The Morgan fingerprint density at radius 3 is 1.93 bits per heavy atom. The Morgan fingerprint density at radius 2 is 1.43 bits per heavy atom. The van der Waals surface area contributed by atoms with Gasteiger partial charge in [-0.15, -0.1) is 0 Å². The topological polar surface area (TPSA) is 153 Å². The summed E-state index contributed by atoms with van der Waals surface area (Å²) >= 11 is 0. The lowest BCUT2D eigenvalue weighted by Crippen LogP contribution is -2.28. The highest BCUT2D eigenvalue weighted by molar-refractivity contribution is 7.91. The van der Waals surface area contributed by atoms with Crippen molar-refractivity contribution in [1.82, 2.24) is 0 Å². The molecule has 1 aromatic rings. The van der Waals surface area contributed by atoms with Gasteiger partial charge in [-0.05, 0) is 12.8 Å². The largest absolute Gasteiger partial charge is 0.379 e. The van der Waals surface area contributed by atoms with E-state index >= 15 is 4.39 Å². The molecule has 0 aromatic heterocycles. The summed E-state index contributed by atoms with van der Waals surface area (Å²) in [4.78, 5) is -3.08. The van der Waals surface area contributed by atoms with E-state index in [-0.39, 0.29) is 0 Å². The Bertz CT molecular complexity index is 977. The molecule has 0 radical (unpaired) electrons. The standard InChI is InChI=1S/C17H26F3N3O5S2/c18-12-13(19)17(29(25,26)9-8-11(21)24)15(14(20)16(12)30(22,27)28)23-10-6-4-2-1-3-5-7-10/h10-11,23-24H,1-9,21H2,(H2,22,27,28). The number of anilines is 1. The van der Waals surface area contributed by atoms with Gasteiger partial charge in [-0.1, -0.05) is 32.1 Å². The molecule has 0 saturated heterocycles. The van der Waals surface area contributed by atoms with Crippen LogP contribution >= 0.6 is 0 Å². The molecule has 13 heteroatoms. The lowest BCUT2D eigenvalue weighted by Gasteiger charge is -2.25. The minimum absolute atomic E-state index is 0.480. The molecule has 1 atom stereocenters. The van der Waals surface area contributed by atoms with Gasteiger partial charge in [-0.25, -0.2) is 35.1 Å². The van der Waals surface area contributed by atoms with Crippen LogP contribution in [-0.4, -0.2) is 40.0 Å². The van der Waals surface area contributed by atoms with Crippen LogP contribution in [0.15, 0.2) is 9.79 Å². The molecule has 8 nitrogen and oxygen atoms in total. The fraction of sp³-hybridized carbons (Fsp3) is 0.647. The molecule has 0 aliphatic heterocycles. The minimum Gasteiger partial charge on any atom is -0.379 e. The third-order valence-electron chi connectivity index (χ3n) is 4.97. The monoisotopic (exact) mass is 473 g/mol. The number of halogens is 3. The van der Waals surface area contributed by atoms with E-state index in [0.29, 0.717) is 12.8 Å². The SMILES string of the molecule is NC(O)CCS(=O)(=O)c1c(F)c(F)c(S(N)(=O)=O)c(F)c1NC1CCCCCCC1. The van der Waals surface area contributed by atoms with E-state index in [1.165, 1.54) is 0 Å². The first-order chi connectivity index (χ1) is 13.9. The van der Waals surface area contributed by atoms with E-state index in [1.807, 2.05) is 0 Å². The van der Waals surface area contributed by atoms with Gasteiger partial charge in [-0.3, -0.25) is 0 Å². The summed E-state index contributed by atoms with van der Waals surface area (Å²) in [5.74, 6) is -6.98. The second kappa shape index (κ2) is 9.81. The van der Waals surface area contributed by atoms with Gasteiger partial charge in [0, 0.05) is 12.5 Å². The number of aliphatic hydroxyl groups is 1. The Labute approximate surface area is 173 Å². The maximum Gasteiger partial charge on any atom is 0.244 e. The third-order valence-corrected chi connectivity index (χ3v) is 7.67. The molecule has 2 rings (SSSR count). The van der Waals surface area contributed by atoms with Gasteiger partial charge >= 0.3 is 0 Å². The molecule has 0 amide bonds. The maximum atomic E-state index is 15.1. The van der Waals surface area contributed by atoms with Crippen molar-refractivity contribution >= 4 is 25.5 Å². The van der Waals surface area contributed by atoms with Crippen LogP contribution in [-0.2, 0) is 19.9 Å². The molecule has 0 bridgehead atoms. The van der Waals surface area contributed by atoms with Crippen LogP contribution in [0, 0.1) is 17.5 Å². The highest BCUT2D eigenvalue weighted by Crippen LogP contribution is 2.37. The minimum atomic E-state index is -5.04. The van der Waals surface area contributed by atoms with Crippen LogP contribution in [0.5, 0.6) is 0 Å². The van der Waals surface area contributed by atoms with Crippen LogP contribution < -0.4 is 16.2 Å². The smallest absolute Gasteiger partial charge is 0.244 e. The Kier molecular flexibility index (Phi) is 8.13. The van der Waals surface area contributed by atoms with Gasteiger partial charge in [0.25, 0.3) is 0 Å². The molecular formula is C17H26F3N3O5S2. The molecule has 1 aromatic carbocycles. The summed E-state index contributed by atoms with van der Waals surface area (Å²) in [7, 11) is -9.72. The number of primary sulfonamides is 1. The molecule has 0 heterocycles. The average Bonchev–Trinajstić information content (AvgIpc) is 2.58. The molecule has 30 heavy (non-hydrogen) atoms. The lowest BCUT2D eigenvalue weighted by molar-refractivity contribution is 0.179. The van der Waals surface area contributed by atoms with Gasteiger partial charge in [0.05, 0.1) is 11.4 Å². The summed E-state index contributed by atoms with van der Waals surface area (Å²) in [5, 5.41) is 16.6. The van der Waals surface area contributed by atoms with E-state index in [2.05, 4.69) is 5.32 Å². The van der Waals surface area contributed by atoms with E-state index in [9.17, 15) is 25.6 Å². The predicted molar refractivity (Wildman–Crippen MR) is 104 cm³/mol. The van der Waals surface area contributed by atoms with Gasteiger partial charge in [-0.2, -0.15) is 0 Å². The summed E-state index contributed by atoms with van der Waals surface area (Å²) in [6, 6.07) is -0.480. The Hall–Kier alpha value is -1.41. The zero-order valence-electron chi connectivity index (χ0n) is 16.2. The molecule has 172 valence electrons. The fourth-order valence-corrected chi connectivity index (χ4v) is 5.74. The Balaban J connectivity index is 2.67. The quantitative estimate of drug-likeness (QED) is 0.347. The number of nitrogens with two attached hydrogens (primary N) is 2. The van der Waals surface area contributed by atoms with Crippen molar-refractivity contribution in [2.24, 2.45) is 10.9 Å². The number of benzene rings is 1. The first-order valence-electron chi connectivity index (χ1n) is 9.52. The number of hydrogen-bond donors (Lipinski definition) is 4. The molecule has 0 spiro atoms. The van der Waals surface area contributed by atoms with Gasteiger partial charge in [0.15, 0.2) is 32.2 Å². The number of rotatable bonds is 7. The van der Waals surface area contributed by atoms with Crippen LogP contribution in [0.1, 0.15) is 51.4 Å². The highest BCUT2D eigenvalue weighted by atomic mass is 32.2. The molecule has 1 unspecified atom stereocenters. The van der Waals surface area contributed by atoms with Crippen LogP contribution in [0.2, 0.25) is 0 Å². The lowest BCUT2D eigenvalue weighted by atomic mass is 9.96.